The van der Waals surface area contributed by atoms with Gasteiger partial charge in [-0.3, -0.25) is 9.71 Å². The van der Waals surface area contributed by atoms with Crippen LogP contribution in [0.25, 0.3) is 22.0 Å². The number of hydrogen-bond acceptors (Lipinski definition) is 6. The van der Waals surface area contributed by atoms with Crippen LogP contribution in [0.1, 0.15) is 17.7 Å². The van der Waals surface area contributed by atoms with Crippen molar-refractivity contribution < 1.29 is 13.2 Å². The summed E-state index contributed by atoms with van der Waals surface area (Å²) in [6.07, 6.45) is 3.82. The molecule has 4 aromatic carbocycles. The van der Waals surface area contributed by atoms with E-state index in [2.05, 4.69) is 33.7 Å². The van der Waals surface area contributed by atoms with Crippen molar-refractivity contribution in [1.82, 2.24) is 14.2 Å². The Labute approximate surface area is 250 Å². The van der Waals surface area contributed by atoms with Gasteiger partial charge in [-0.2, -0.15) is 9.19 Å². The van der Waals surface area contributed by atoms with Gasteiger partial charge in [0.15, 0.2) is 5.82 Å². The SMILES string of the molecule is O=S(=O)(Nc1c(-c2ccccn2)c(CCCc2cccc(Oc3ccccc3)c2)nn1S)c1cccc2ccccc12. The first-order valence-corrected chi connectivity index (χ1v) is 15.4. The predicted octanol–water partition coefficient (Wildman–Crippen LogP) is 7.56. The van der Waals surface area contributed by atoms with Crippen LogP contribution in [0.3, 0.4) is 0 Å². The first-order valence-electron chi connectivity index (χ1n) is 13.5. The molecule has 0 aliphatic heterocycles. The molecule has 0 radical (unpaired) electrons. The average Bonchev–Trinajstić information content (AvgIpc) is 3.31. The Morgan fingerprint density at radius 2 is 1.52 bits per heavy atom. The Morgan fingerprint density at radius 3 is 2.36 bits per heavy atom. The summed E-state index contributed by atoms with van der Waals surface area (Å²) in [5.41, 5.74) is 3.05. The third-order valence-electron chi connectivity index (χ3n) is 6.89. The molecule has 0 bridgehead atoms. The molecule has 2 heterocycles. The largest absolute Gasteiger partial charge is 0.457 e. The van der Waals surface area contributed by atoms with Crippen molar-refractivity contribution in [3.8, 4) is 22.8 Å². The fraction of sp³-hybridized carbons (Fsp3) is 0.0909. The molecule has 0 atom stereocenters. The number of anilines is 1. The Bertz CT molecular complexity index is 1940. The lowest BCUT2D eigenvalue weighted by atomic mass is 10.0. The van der Waals surface area contributed by atoms with Gasteiger partial charge in [-0.15, -0.1) is 0 Å². The molecule has 0 unspecified atom stereocenters. The van der Waals surface area contributed by atoms with Gasteiger partial charge in [0, 0.05) is 11.6 Å². The van der Waals surface area contributed by atoms with Gasteiger partial charge >= 0.3 is 0 Å². The first kappa shape index (κ1) is 27.6. The molecule has 0 aliphatic rings. The lowest BCUT2D eigenvalue weighted by Crippen LogP contribution is -2.15. The zero-order valence-electron chi connectivity index (χ0n) is 22.6. The number of aryl methyl sites for hydroxylation is 2. The minimum atomic E-state index is -3.98. The highest BCUT2D eigenvalue weighted by Gasteiger charge is 2.25. The highest BCUT2D eigenvalue weighted by atomic mass is 32.2. The second-order valence-corrected chi connectivity index (χ2v) is 11.8. The third-order valence-corrected chi connectivity index (χ3v) is 8.57. The molecule has 2 aromatic heterocycles. The first-order chi connectivity index (χ1) is 20.5. The van der Waals surface area contributed by atoms with E-state index in [0.29, 0.717) is 28.8 Å². The number of sulfonamides is 1. The van der Waals surface area contributed by atoms with Gasteiger partial charge in [0.05, 0.1) is 21.8 Å². The van der Waals surface area contributed by atoms with Crippen LogP contribution in [0, 0.1) is 0 Å². The van der Waals surface area contributed by atoms with Crippen LogP contribution in [-0.2, 0) is 22.9 Å². The quantitative estimate of drug-likeness (QED) is 0.160. The van der Waals surface area contributed by atoms with Crippen molar-refractivity contribution in [3.05, 3.63) is 133 Å². The van der Waals surface area contributed by atoms with E-state index in [9.17, 15) is 8.42 Å². The molecule has 9 heteroatoms. The third kappa shape index (κ3) is 6.02. The highest BCUT2D eigenvalue weighted by Crippen LogP contribution is 2.35. The molecule has 6 aromatic rings. The van der Waals surface area contributed by atoms with E-state index in [-0.39, 0.29) is 10.7 Å². The molecular formula is C33H28N4O3S2. The Balaban J connectivity index is 1.26. The maximum absolute atomic E-state index is 13.7. The number of ether oxygens (including phenoxy) is 1. The van der Waals surface area contributed by atoms with Gasteiger partial charge in [-0.1, -0.05) is 72.8 Å². The van der Waals surface area contributed by atoms with E-state index in [1.54, 1.807) is 24.4 Å². The molecular weight excluding hydrogens is 565 g/mol. The van der Waals surface area contributed by atoms with E-state index >= 15 is 0 Å². The number of hydrogen-bond donors (Lipinski definition) is 2. The molecule has 42 heavy (non-hydrogen) atoms. The van der Waals surface area contributed by atoms with Gasteiger partial charge in [0.2, 0.25) is 0 Å². The summed E-state index contributed by atoms with van der Waals surface area (Å²) in [4.78, 5) is 4.70. The minimum absolute atomic E-state index is 0.182. The summed E-state index contributed by atoms with van der Waals surface area (Å²) in [5, 5.41) is 6.09. The van der Waals surface area contributed by atoms with Crippen LogP contribution < -0.4 is 9.46 Å². The van der Waals surface area contributed by atoms with Gasteiger partial charge < -0.3 is 4.74 Å². The molecule has 6 rings (SSSR count). The minimum Gasteiger partial charge on any atom is -0.457 e. The van der Waals surface area contributed by atoms with Crippen molar-refractivity contribution >= 4 is 39.4 Å². The number of pyridine rings is 1. The van der Waals surface area contributed by atoms with Crippen molar-refractivity contribution in [2.75, 3.05) is 4.72 Å². The Hall–Kier alpha value is -4.60. The average molecular weight is 593 g/mol. The molecule has 0 amide bonds. The molecule has 0 fully saturated rings. The fourth-order valence-corrected chi connectivity index (χ4v) is 6.57. The maximum Gasteiger partial charge on any atom is 0.263 e. The predicted molar refractivity (Wildman–Crippen MR) is 170 cm³/mol. The number of aromatic nitrogens is 3. The van der Waals surface area contributed by atoms with Crippen molar-refractivity contribution in [2.24, 2.45) is 0 Å². The normalized spacial score (nSPS) is 11.5. The molecule has 0 saturated heterocycles. The summed E-state index contributed by atoms with van der Waals surface area (Å²) in [7, 11) is -3.98. The lowest BCUT2D eigenvalue weighted by molar-refractivity contribution is 0.482. The number of nitrogens with one attached hydrogen (secondary N) is 1. The molecule has 1 N–H and O–H groups in total. The number of nitrogens with zero attached hydrogens (tertiary/aromatic N) is 3. The van der Waals surface area contributed by atoms with E-state index in [0.717, 1.165) is 35.3 Å². The standard InChI is InChI=1S/C33H28N4O3S2/c38-42(39,31-21-10-14-25-13-4-5-18-28(25)31)36-33-32(29-19-6-7-22-34-29)30(35-37(33)41)20-9-12-24-11-8-17-27(23-24)40-26-15-2-1-3-16-26/h1-8,10-11,13-19,21-23,36,41H,9,12,20H2. The number of fused-ring (bicyclic) bond motifs is 1. The van der Waals surface area contributed by atoms with E-state index < -0.39 is 10.0 Å². The van der Waals surface area contributed by atoms with Crippen LogP contribution >= 0.6 is 12.8 Å². The van der Waals surface area contributed by atoms with Crippen molar-refractivity contribution in [3.63, 3.8) is 0 Å². The lowest BCUT2D eigenvalue weighted by Gasteiger charge is -2.12. The van der Waals surface area contributed by atoms with Crippen LogP contribution in [0.2, 0.25) is 0 Å². The van der Waals surface area contributed by atoms with Crippen LogP contribution in [0.15, 0.2) is 126 Å². The molecule has 0 saturated carbocycles. The molecule has 0 spiro atoms. The summed E-state index contributed by atoms with van der Waals surface area (Å²) < 4.78 is 37.4. The van der Waals surface area contributed by atoms with E-state index in [1.165, 1.54) is 4.09 Å². The zero-order chi connectivity index (χ0) is 28.9. The second-order valence-electron chi connectivity index (χ2n) is 9.77. The smallest absolute Gasteiger partial charge is 0.263 e. The van der Waals surface area contributed by atoms with Gasteiger partial charge in [-0.25, -0.2) is 8.42 Å². The zero-order valence-corrected chi connectivity index (χ0v) is 24.3. The number of benzene rings is 4. The van der Waals surface area contributed by atoms with Gasteiger partial charge in [-0.05, 0) is 85.5 Å². The maximum atomic E-state index is 13.7. The molecule has 7 nitrogen and oxygen atoms in total. The van der Waals surface area contributed by atoms with E-state index in [4.69, 9.17) is 4.74 Å². The topological polar surface area (TPSA) is 86.1 Å². The number of para-hydroxylation sites is 1. The Morgan fingerprint density at radius 1 is 0.786 bits per heavy atom. The summed E-state index contributed by atoms with van der Waals surface area (Å²) >= 11 is 4.52. The monoisotopic (exact) mass is 592 g/mol. The van der Waals surface area contributed by atoms with E-state index in [1.807, 2.05) is 91.0 Å². The fourth-order valence-electron chi connectivity index (χ4n) is 4.96. The molecule has 0 aliphatic carbocycles. The summed E-state index contributed by atoms with van der Waals surface area (Å²) in [6.45, 7) is 0. The van der Waals surface area contributed by atoms with Crippen molar-refractivity contribution in [1.29, 1.82) is 0 Å². The van der Waals surface area contributed by atoms with Crippen LogP contribution in [0.5, 0.6) is 11.5 Å². The summed E-state index contributed by atoms with van der Waals surface area (Å²) in [6, 6.07) is 35.8. The molecule has 210 valence electrons. The van der Waals surface area contributed by atoms with Crippen LogP contribution in [-0.4, -0.2) is 22.6 Å². The van der Waals surface area contributed by atoms with Gasteiger partial charge in [0.1, 0.15) is 11.5 Å². The van der Waals surface area contributed by atoms with Gasteiger partial charge in [0.25, 0.3) is 10.0 Å². The van der Waals surface area contributed by atoms with Crippen molar-refractivity contribution in [2.45, 2.75) is 24.2 Å². The highest BCUT2D eigenvalue weighted by molar-refractivity contribution is 7.93. The second kappa shape index (κ2) is 12.1. The summed E-state index contributed by atoms with van der Waals surface area (Å²) in [5.74, 6) is 1.81. The Kier molecular flexibility index (Phi) is 7.94. The number of rotatable bonds is 10. The number of thiol groups is 1. The van der Waals surface area contributed by atoms with Crippen LogP contribution in [0.4, 0.5) is 5.82 Å².